The Hall–Kier alpha value is -1.27. The summed E-state index contributed by atoms with van der Waals surface area (Å²) in [6.07, 6.45) is 3.90. The number of hydrogen-bond donors (Lipinski definition) is 2. The van der Waals surface area contributed by atoms with E-state index in [0.717, 1.165) is 43.4 Å². The number of carboxylic acid groups (broad SMARTS) is 1. The zero-order valence-electron chi connectivity index (χ0n) is 25.1. The SMILES string of the molecule is Cc1nc2c(c(=O)n1CCOC1CCC(Cl)CC1C1CC(C)NC3C(C(=O)O)CSC13)C[C@H](N1CCC(C(F)F)C1)CC2. The van der Waals surface area contributed by atoms with Crippen molar-refractivity contribution in [2.24, 2.45) is 23.7 Å². The summed E-state index contributed by atoms with van der Waals surface area (Å²) in [4.78, 5) is 32.6. The number of aryl methyl sites for hydroxylation is 2. The largest absolute Gasteiger partial charge is 0.481 e. The van der Waals surface area contributed by atoms with E-state index in [1.807, 2.05) is 6.92 Å². The Morgan fingerprint density at radius 3 is 2.79 bits per heavy atom. The Morgan fingerprint density at radius 1 is 1.23 bits per heavy atom. The monoisotopic (exact) mass is 642 g/mol. The van der Waals surface area contributed by atoms with Crippen molar-refractivity contribution in [1.29, 1.82) is 0 Å². The first-order valence-corrected chi connectivity index (χ1v) is 17.6. The van der Waals surface area contributed by atoms with Gasteiger partial charge in [-0.3, -0.25) is 19.1 Å². The van der Waals surface area contributed by atoms with Crippen LogP contribution in [0.5, 0.6) is 0 Å². The van der Waals surface area contributed by atoms with Crippen LogP contribution in [0, 0.1) is 30.6 Å². The topological polar surface area (TPSA) is 96.7 Å². The number of alkyl halides is 3. The highest BCUT2D eigenvalue weighted by Crippen LogP contribution is 2.48. The van der Waals surface area contributed by atoms with Gasteiger partial charge in [0, 0.05) is 52.5 Å². The number of carboxylic acids is 1. The van der Waals surface area contributed by atoms with Crippen molar-refractivity contribution >= 4 is 29.3 Å². The number of piperidine rings is 1. The Bertz CT molecular complexity index is 1240. The van der Waals surface area contributed by atoms with Gasteiger partial charge >= 0.3 is 5.97 Å². The van der Waals surface area contributed by atoms with E-state index >= 15 is 0 Å². The van der Waals surface area contributed by atoms with Gasteiger partial charge in [0.05, 0.1) is 30.9 Å². The number of aliphatic carboxylic acids is 1. The summed E-state index contributed by atoms with van der Waals surface area (Å²) in [5, 5.41) is 13.7. The molecule has 43 heavy (non-hydrogen) atoms. The number of hydrogen-bond acceptors (Lipinski definition) is 7. The fraction of sp³-hybridized carbons (Fsp3) is 0.839. The minimum Gasteiger partial charge on any atom is -0.481 e. The van der Waals surface area contributed by atoms with Gasteiger partial charge in [0.25, 0.3) is 5.56 Å². The number of halogens is 3. The molecule has 0 radical (unpaired) electrons. The molecule has 0 spiro atoms. The number of rotatable bonds is 8. The maximum absolute atomic E-state index is 13.7. The highest BCUT2D eigenvalue weighted by molar-refractivity contribution is 8.00. The fourth-order valence-electron chi connectivity index (χ4n) is 8.65. The van der Waals surface area contributed by atoms with Crippen molar-refractivity contribution < 1.29 is 23.4 Å². The van der Waals surface area contributed by atoms with Gasteiger partial charge < -0.3 is 15.2 Å². The van der Waals surface area contributed by atoms with Gasteiger partial charge in [-0.05, 0) is 83.6 Å². The van der Waals surface area contributed by atoms with Gasteiger partial charge in [-0.25, -0.2) is 13.8 Å². The van der Waals surface area contributed by atoms with Gasteiger partial charge in [0.2, 0.25) is 6.43 Å². The third-order valence-electron chi connectivity index (χ3n) is 10.9. The molecule has 0 aromatic carbocycles. The van der Waals surface area contributed by atoms with Crippen molar-refractivity contribution in [1.82, 2.24) is 19.8 Å². The Morgan fingerprint density at radius 2 is 2.05 bits per heavy atom. The quantitative estimate of drug-likeness (QED) is 0.412. The minimum absolute atomic E-state index is 0.0133. The first kappa shape index (κ1) is 31.7. The second kappa shape index (κ2) is 13.2. The standard InChI is InChI=1S/C31H45ClF2N4O4S/c1-16-11-22(28-27(35-16)24(15-43-28)31(40)41)21-12-19(32)3-6-26(21)42-10-9-38-17(2)36-25-5-4-20(13-23(25)30(38)39)37-8-7-18(14-37)29(33)34/h16,18-22,24,26-29,35H,3-15H2,1-2H3,(H,40,41)/t16?,18?,19?,20-,21?,22?,24?,26?,27?,28?/m1/s1. The maximum atomic E-state index is 13.7. The maximum Gasteiger partial charge on any atom is 0.308 e. The molecule has 4 fully saturated rings. The summed E-state index contributed by atoms with van der Waals surface area (Å²) in [7, 11) is 0. The number of carbonyl (C=O) groups is 1. The molecule has 2 aliphatic carbocycles. The zero-order chi connectivity index (χ0) is 30.4. The van der Waals surface area contributed by atoms with Crippen LogP contribution in [0.1, 0.15) is 62.5 Å². The summed E-state index contributed by atoms with van der Waals surface area (Å²) in [5.74, 6) is 0.197. The van der Waals surface area contributed by atoms with Crippen LogP contribution in [0.15, 0.2) is 4.79 Å². The van der Waals surface area contributed by atoms with Crippen LogP contribution in [0.2, 0.25) is 0 Å². The van der Waals surface area contributed by atoms with Crippen LogP contribution in [-0.4, -0.2) is 92.3 Å². The van der Waals surface area contributed by atoms with Gasteiger partial charge in [0.1, 0.15) is 5.82 Å². The number of ether oxygens (including phenoxy) is 1. The molecule has 3 saturated heterocycles. The van der Waals surface area contributed by atoms with Crippen molar-refractivity contribution in [2.75, 3.05) is 25.4 Å². The molecular weight excluding hydrogens is 598 g/mol. The van der Waals surface area contributed by atoms with Crippen LogP contribution in [-0.2, 0) is 28.9 Å². The predicted molar refractivity (Wildman–Crippen MR) is 163 cm³/mol. The first-order chi connectivity index (χ1) is 20.6. The number of likely N-dealkylation sites (tertiary alicyclic amines) is 1. The van der Waals surface area contributed by atoms with Crippen molar-refractivity contribution in [3.63, 3.8) is 0 Å². The van der Waals surface area contributed by atoms with Crippen molar-refractivity contribution in [3.8, 4) is 0 Å². The second-order valence-corrected chi connectivity index (χ2v) is 15.4. The lowest BCUT2D eigenvalue weighted by Gasteiger charge is -2.47. The van der Waals surface area contributed by atoms with Crippen molar-refractivity contribution in [2.45, 2.75) is 113 Å². The number of nitrogens with zero attached hydrogens (tertiary/aromatic N) is 3. The van der Waals surface area contributed by atoms with E-state index < -0.39 is 18.3 Å². The molecule has 0 amide bonds. The second-order valence-electron chi connectivity index (χ2n) is 13.5. The lowest BCUT2D eigenvalue weighted by atomic mass is 9.70. The molecule has 1 aromatic rings. The van der Waals surface area contributed by atoms with E-state index in [4.69, 9.17) is 21.3 Å². The molecule has 6 rings (SSSR count). The molecule has 1 saturated carbocycles. The van der Waals surface area contributed by atoms with Crippen LogP contribution < -0.4 is 10.9 Å². The Kier molecular flexibility index (Phi) is 9.75. The van der Waals surface area contributed by atoms with Gasteiger partial charge in [-0.1, -0.05) is 0 Å². The molecule has 3 aliphatic heterocycles. The summed E-state index contributed by atoms with van der Waals surface area (Å²) in [5.41, 5.74) is 1.55. The van der Waals surface area contributed by atoms with Crippen LogP contribution in [0.4, 0.5) is 8.78 Å². The van der Waals surface area contributed by atoms with E-state index in [1.165, 1.54) is 0 Å². The molecule has 10 atom stereocenters. The molecule has 0 bridgehead atoms. The lowest BCUT2D eigenvalue weighted by Crippen LogP contribution is -2.57. The average molecular weight is 643 g/mol. The zero-order valence-corrected chi connectivity index (χ0v) is 26.7. The number of fused-ring (bicyclic) bond motifs is 2. The molecule has 1 aromatic heterocycles. The Labute approximate surface area is 261 Å². The predicted octanol–water partition coefficient (Wildman–Crippen LogP) is 3.97. The molecular formula is C31H45ClF2N4O4S. The Balaban J connectivity index is 1.12. The number of thioether (sulfide) groups is 1. The lowest BCUT2D eigenvalue weighted by molar-refractivity contribution is -0.142. The van der Waals surface area contributed by atoms with E-state index in [2.05, 4.69) is 17.1 Å². The molecule has 5 aliphatic rings. The van der Waals surface area contributed by atoms with Crippen LogP contribution >= 0.6 is 23.4 Å². The summed E-state index contributed by atoms with van der Waals surface area (Å²) >= 11 is 8.49. The number of nitrogens with one attached hydrogen (secondary N) is 1. The van der Waals surface area contributed by atoms with E-state index in [9.17, 15) is 23.5 Å². The smallest absolute Gasteiger partial charge is 0.308 e. The molecule has 2 N–H and O–H groups in total. The third kappa shape index (κ3) is 6.53. The summed E-state index contributed by atoms with van der Waals surface area (Å²) in [6, 6.07) is 0.299. The molecule has 12 heteroatoms. The third-order valence-corrected chi connectivity index (χ3v) is 12.9. The average Bonchev–Trinajstić information content (AvgIpc) is 3.63. The minimum atomic E-state index is -2.29. The molecule has 240 valence electrons. The molecule has 8 nitrogen and oxygen atoms in total. The summed E-state index contributed by atoms with van der Waals surface area (Å²) < 4.78 is 34.8. The normalized spacial score (nSPS) is 38.3. The molecule has 4 heterocycles. The first-order valence-electron chi connectivity index (χ1n) is 16.1. The van der Waals surface area contributed by atoms with Crippen LogP contribution in [0.3, 0.4) is 0 Å². The van der Waals surface area contributed by atoms with Gasteiger partial charge in [-0.2, -0.15) is 11.8 Å². The highest BCUT2D eigenvalue weighted by atomic mass is 35.5. The van der Waals surface area contributed by atoms with E-state index in [1.54, 1.807) is 16.3 Å². The van der Waals surface area contributed by atoms with Gasteiger partial charge in [0.15, 0.2) is 0 Å². The van der Waals surface area contributed by atoms with E-state index in [0.29, 0.717) is 63.0 Å². The van der Waals surface area contributed by atoms with E-state index in [-0.39, 0.29) is 52.3 Å². The summed E-state index contributed by atoms with van der Waals surface area (Å²) in [6.45, 7) is 5.87. The fourth-order valence-corrected chi connectivity index (χ4v) is 10.8. The highest BCUT2D eigenvalue weighted by Gasteiger charge is 2.51. The molecule has 9 unspecified atom stereocenters. The van der Waals surface area contributed by atoms with Gasteiger partial charge in [-0.15, -0.1) is 11.6 Å². The van der Waals surface area contributed by atoms with Crippen molar-refractivity contribution in [3.05, 3.63) is 27.4 Å². The van der Waals surface area contributed by atoms with Crippen LogP contribution in [0.25, 0.3) is 0 Å². The number of aromatic nitrogens is 2.